The van der Waals surface area contributed by atoms with Gasteiger partial charge in [-0.1, -0.05) is 5.16 Å². The first kappa shape index (κ1) is 15.0. The lowest BCUT2D eigenvalue weighted by atomic mass is 10.1. The Kier molecular flexibility index (Phi) is 4.57. The van der Waals surface area contributed by atoms with Crippen LogP contribution in [0, 0.1) is 13.8 Å². The van der Waals surface area contributed by atoms with Crippen LogP contribution >= 0.6 is 0 Å². The first-order valence-corrected chi connectivity index (χ1v) is 6.96. The number of carbonyl (C=O) groups excluding carboxylic acids is 1. The van der Waals surface area contributed by atoms with E-state index in [-0.39, 0.29) is 11.9 Å². The first-order valence-electron chi connectivity index (χ1n) is 6.96. The number of carbonyl (C=O) groups is 1. The van der Waals surface area contributed by atoms with Crippen LogP contribution in [0.5, 0.6) is 0 Å². The number of aryl methyl sites for hydroxylation is 2. The molecule has 2 aromatic heterocycles. The number of pyridine rings is 1. The van der Waals surface area contributed by atoms with Crippen LogP contribution in [-0.4, -0.2) is 22.6 Å². The summed E-state index contributed by atoms with van der Waals surface area (Å²) in [5.74, 6) is 0.622. The van der Waals surface area contributed by atoms with Gasteiger partial charge in [0.1, 0.15) is 11.5 Å². The molecule has 2 aromatic rings. The summed E-state index contributed by atoms with van der Waals surface area (Å²) in [5, 5.41) is 10.0. The first-order chi connectivity index (χ1) is 10.0. The summed E-state index contributed by atoms with van der Waals surface area (Å²) < 4.78 is 5.18. The predicted octanol–water partition coefficient (Wildman–Crippen LogP) is 2.61. The number of amides is 1. The molecule has 1 amide bonds. The molecule has 0 aromatic carbocycles. The van der Waals surface area contributed by atoms with Crippen molar-refractivity contribution >= 4 is 11.6 Å². The molecule has 0 saturated carbocycles. The van der Waals surface area contributed by atoms with Crippen molar-refractivity contribution in [3.05, 3.63) is 41.0 Å². The summed E-state index contributed by atoms with van der Waals surface area (Å²) in [6.45, 7) is 8.28. The molecule has 0 aliphatic heterocycles. The van der Waals surface area contributed by atoms with Gasteiger partial charge in [0.2, 0.25) is 0 Å². The molecular formula is C15H20N4O2. The fourth-order valence-corrected chi connectivity index (χ4v) is 2.33. The molecule has 0 aliphatic rings. The van der Waals surface area contributed by atoms with Crippen molar-refractivity contribution in [1.82, 2.24) is 15.5 Å². The number of hydrogen-bond donors (Lipinski definition) is 2. The SMILES string of the molecule is CCNC(=O)c1cc(NC(C)c2c(C)noc2C)ccn1. The lowest BCUT2D eigenvalue weighted by molar-refractivity contribution is 0.0951. The second-order valence-corrected chi connectivity index (χ2v) is 4.89. The third-order valence-electron chi connectivity index (χ3n) is 3.23. The number of hydrogen-bond acceptors (Lipinski definition) is 5. The van der Waals surface area contributed by atoms with E-state index in [1.54, 1.807) is 12.3 Å². The minimum absolute atomic E-state index is 0.0285. The molecule has 0 aliphatic carbocycles. The molecule has 112 valence electrons. The topological polar surface area (TPSA) is 80.0 Å². The Morgan fingerprint density at radius 2 is 2.19 bits per heavy atom. The minimum Gasteiger partial charge on any atom is -0.378 e. The minimum atomic E-state index is -0.175. The van der Waals surface area contributed by atoms with Crippen LogP contribution in [0.3, 0.4) is 0 Å². The van der Waals surface area contributed by atoms with E-state index in [9.17, 15) is 4.79 Å². The smallest absolute Gasteiger partial charge is 0.269 e. The van der Waals surface area contributed by atoms with Gasteiger partial charge in [-0.15, -0.1) is 0 Å². The van der Waals surface area contributed by atoms with Crippen LogP contribution in [-0.2, 0) is 0 Å². The number of anilines is 1. The van der Waals surface area contributed by atoms with E-state index in [2.05, 4.69) is 20.8 Å². The second-order valence-electron chi connectivity index (χ2n) is 4.89. The number of rotatable bonds is 5. The summed E-state index contributed by atoms with van der Waals surface area (Å²) >= 11 is 0. The van der Waals surface area contributed by atoms with Crippen molar-refractivity contribution in [3.63, 3.8) is 0 Å². The molecule has 1 atom stereocenters. The normalized spacial score (nSPS) is 12.0. The van der Waals surface area contributed by atoms with E-state index in [1.165, 1.54) is 0 Å². The molecule has 2 heterocycles. The van der Waals surface area contributed by atoms with Gasteiger partial charge in [-0.25, -0.2) is 0 Å². The van der Waals surface area contributed by atoms with Crippen LogP contribution in [0.25, 0.3) is 0 Å². The highest BCUT2D eigenvalue weighted by Gasteiger charge is 2.16. The standard InChI is InChI=1S/C15H20N4O2/c1-5-16-15(20)13-8-12(6-7-17-13)18-9(2)14-10(3)19-21-11(14)4/h6-9H,5H2,1-4H3,(H,16,20)(H,17,18). The van der Waals surface area contributed by atoms with Crippen molar-refractivity contribution in [2.45, 2.75) is 33.7 Å². The maximum Gasteiger partial charge on any atom is 0.269 e. The van der Waals surface area contributed by atoms with E-state index < -0.39 is 0 Å². The van der Waals surface area contributed by atoms with Crippen LogP contribution < -0.4 is 10.6 Å². The highest BCUT2D eigenvalue weighted by molar-refractivity contribution is 5.93. The van der Waals surface area contributed by atoms with Crippen LogP contribution in [0.1, 0.15) is 47.4 Å². The van der Waals surface area contributed by atoms with Gasteiger partial charge in [0.15, 0.2) is 0 Å². The largest absolute Gasteiger partial charge is 0.378 e. The van der Waals surface area contributed by atoms with E-state index >= 15 is 0 Å². The van der Waals surface area contributed by atoms with Crippen LogP contribution in [0.15, 0.2) is 22.9 Å². The predicted molar refractivity (Wildman–Crippen MR) is 80.3 cm³/mol. The summed E-state index contributed by atoms with van der Waals surface area (Å²) in [6, 6.07) is 3.60. The van der Waals surface area contributed by atoms with E-state index in [1.807, 2.05) is 33.8 Å². The Balaban J connectivity index is 2.16. The summed E-state index contributed by atoms with van der Waals surface area (Å²) in [7, 11) is 0. The van der Waals surface area contributed by atoms with Crippen molar-refractivity contribution < 1.29 is 9.32 Å². The van der Waals surface area contributed by atoms with Gasteiger partial charge < -0.3 is 15.2 Å². The maximum atomic E-state index is 11.8. The van der Waals surface area contributed by atoms with Crippen molar-refractivity contribution in [2.24, 2.45) is 0 Å². The van der Waals surface area contributed by atoms with Gasteiger partial charge in [0.25, 0.3) is 5.91 Å². The quantitative estimate of drug-likeness (QED) is 0.884. The zero-order chi connectivity index (χ0) is 15.4. The molecule has 0 radical (unpaired) electrons. The van der Waals surface area contributed by atoms with Crippen LogP contribution in [0.2, 0.25) is 0 Å². The maximum absolute atomic E-state index is 11.8. The molecular weight excluding hydrogens is 268 g/mol. The number of aromatic nitrogens is 2. The highest BCUT2D eigenvalue weighted by Crippen LogP contribution is 2.24. The molecule has 21 heavy (non-hydrogen) atoms. The lowest BCUT2D eigenvalue weighted by Crippen LogP contribution is -2.23. The average molecular weight is 288 g/mol. The molecule has 0 fully saturated rings. The van der Waals surface area contributed by atoms with E-state index in [4.69, 9.17) is 4.52 Å². The summed E-state index contributed by atoms with van der Waals surface area (Å²) in [6.07, 6.45) is 1.62. The molecule has 0 saturated heterocycles. The van der Waals surface area contributed by atoms with Gasteiger partial charge in [0.05, 0.1) is 11.7 Å². The molecule has 6 heteroatoms. The van der Waals surface area contributed by atoms with Gasteiger partial charge in [-0.05, 0) is 39.8 Å². The fraction of sp³-hybridized carbons (Fsp3) is 0.400. The average Bonchev–Trinajstić information content (AvgIpc) is 2.78. The molecule has 1 unspecified atom stereocenters. The Hall–Kier alpha value is -2.37. The Morgan fingerprint density at radius 1 is 1.43 bits per heavy atom. The monoisotopic (exact) mass is 288 g/mol. The fourth-order valence-electron chi connectivity index (χ4n) is 2.33. The Bertz CT molecular complexity index is 617. The highest BCUT2D eigenvalue weighted by atomic mass is 16.5. The number of nitrogens with one attached hydrogen (secondary N) is 2. The van der Waals surface area contributed by atoms with E-state index in [0.717, 1.165) is 22.7 Å². The zero-order valence-corrected chi connectivity index (χ0v) is 12.7. The Morgan fingerprint density at radius 3 is 2.81 bits per heavy atom. The second kappa shape index (κ2) is 6.39. The van der Waals surface area contributed by atoms with E-state index in [0.29, 0.717) is 12.2 Å². The molecule has 2 rings (SSSR count). The molecule has 2 N–H and O–H groups in total. The van der Waals surface area contributed by atoms with Gasteiger partial charge >= 0.3 is 0 Å². The summed E-state index contributed by atoms with van der Waals surface area (Å²) in [5.41, 5.74) is 3.13. The molecule has 0 spiro atoms. The third-order valence-corrected chi connectivity index (χ3v) is 3.23. The summed E-state index contributed by atoms with van der Waals surface area (Å²) in [4.78, 5) is 15.9. The van der Waals surface area contributed by atoms with Crippen molar-refractivity contribution in [3.8, 4) is 0 Å². The third kappa shape index (κ3) is 3.39. The van der Waals surface area contributed by atoms with Gasteiger partial charge in [-0.2, -0.15) is 0 Å². The Labute approximate surface area is 123 Å². The lowest BCUT2D eigenvalue weighted by Gasteiger charge is -2.15. The number of nitrogens with zero attached hydrogens (tertiary/aromatic N) is 2. The van der Waals surface area contributed by atoms with Crippen molar-refractivity contribution in [2.75, 3.05) is 11.9 Å². The van der Waals surface area contributed by atoms with Crippen molar-refractivity contribution in [1.29, 1.82) is 0 Å². The van der Waals surface area contributed by atoms with Crippen LogP contribution in [0.4, 0.5) is 5.69 Å². The van der Waals surface area contributed by atoms with Gasteiger partial charge in [0, 0.05) is 24.0 Å². The molecule has 6 nitrogen and oxygen atoms in total. The zero-order valence-electron chi connectivity index (χ0n) is 12.7. The molecule has 0 bridgehead atoms. The van der Waals surface area contributed by atoms with Gasteiger partial charge in [-0.3, -0.25) is 9.78 Å².